The molecule has 0 atom stereocenters. The minimum absolute atomic E-state index is 0.732. The van der Waals surface area contributed by atoms with E-state index in [2.05, 4.69) is 376 Å². The average molecular weight is 1550 g/mol. The van der Waals surface area contributed by atoms with E-state index in [1.54, 1.807) is 0 Å². The van der Waals surface area contributed by atoms with E-state index < -0.39 is 0 Å². The Morgan fingerprint density at radius 1 is 0.154 bits per heavy atom. The highest BCUT2D eigenvalue weighted by atomic mass is 32.1. The van der Waals surface area contributed by atoms with Crippen molar-refractivity contribution in [2.75, 3.05) is 0 Å². The fraction of sp³-hybridized carbons (Fsp3) is 0. The van der Waals surface area contributed by atoms with Crippen LogP contribution in [0, 0.1) is 0 Å². The van der Waals surface area contributed by atoms with Gasteiger partial charge in [-0.25, -0.2) is 29.9 Å². The summed E-state index contributed by atoms with van der Waals surface area (Å²) in [6.07, 6.45) is 0. The Morgan fingerprint density at radius 3 is 0.838 bits per heavy atom. The molecule has 17 aromatic carbocycles. The van der Waals surface area contributed by atoms with E-state index in [0.717, 1.165) is 117 Å². The molecular formula is C108H68N6S3. The predicted molar refractivity (Wildman–Crippen MR) is 497 cm³/mol. The van der Waals surface area contributed by atoms with Crippen molar-refractivity contribution in [3.8, 4) is 124 Å². The first-order chi connectivity index (χ1) is 58.0. The number of fused-ring (bicyclic) bond motifs is 15. The maximum absolute atomic E-state index is 5.29. The van der Waals surface area contributed by atoms with Gasteiger partial charge in [-0.15, -0.1) is 34.0 Å². The lowest BCUT2D eigenvalue weighted by molar-refractivity contribution is 1.23. The zero-order chi connectivity index (χ0) is 77.5. The van der Waals surface area contributed by atoms with Crippen LogP contribution in [0.15, 0.2) is 413 Å². The third-order valence-corrected chi connectivity index (χ3v) is 25.5. The Hall–Kier alpha value is -14.6. The third kappa shape index (κ3) is 13.6. The smallest absolute Gasteiger partial charge is 0.160 e. The molecule has 0 radical (unpaired) electrons. The molecule has 23 rings (SSSR count). The molecule has 0 saturated carbocycles. The van der Waals surface area contributed by atoms with E-state index in [0.29, 0.717) is 0 Å². The normalized spacial score (nSPS) is 11.4. The molecule has 548 valence electrons. The van der Waals surface area contributed by atoms with Gasteiger partial charge in [0, 0.05) is 101 Å². The molecule has 0 aliphatic heterocycles. The summed E-state index contributed by atoms with van der Waals surface area (Å²) in [5.41, 5.74) is 24.1. The Bertz CT molecular complexity index is 7660. The van der Waals surface area contributed by atoms with Crippen molar-refractivity contribution in [1.82, 2.24) is 29.9 Å². The highest BCUT2D eigenvalue weighted by Gasteiger charge is 2.22. The average Bonchev–Trinajstić information content (AvgIpc) is 1.63. The van der Waals surface area contributed by atoms with Crippen LogP contribution in [0.25, 0.3) is 217 Å². The van der Waals surface area contributed by atoms with Gasteiger partial charge in [-0.05, 0) is 116 Å². The number of nitrogens with zero attached hydrogens (tertiary/aromatic N) is 6. The second-order valence-corrected chi connectivity index (χ2v) is 32.2. The van der Waals surface area contributed by atoms with Gasteiger partial charge in [0.25, 0.3) is 0 Å². The summed E-state index contributed by atoms with van der Waals surface area (Å²) in [4.78, 5) is 31.0. The van der Waals surface area contributed by atoms with Crippen molar-refractivity contribution >= 4 is 127 Å². The van der Waals surface area contributed by atoms with Crippen molar-refractivity contribution in [1.29, 1.82) is 0 Å². The van der Waals surface area contributed by atoms with E-state index >= 15 is 0 Å². The fourth-order valence-corrected chi connectivity index (χ4v) is 19.7. The van der Waals surface area contributed by atoms with Crippen LogP contribution < -0.4 is 0 Å². The predicted octanol–water partition coefficient (Wildman–Crippen LogP) is 30.3. The zero-order valence-electron chi connectivity index (χ0n) is 63.2. The first kappa shape index (κ1) is 70.3. The summed E-state index contributed by atoms with van der Waals surface area (Å²) in [5, 5.41) is 10.9. The van der Waals surface area contributed by atoms with Crippen LogP contribution in [-0.4, -0.2) is 29.9 Å². The van der Waals surface area contributed by atoms with Gasteiger partial charge in [-0.1, -0.05) is 352 Å². The molecule has 6 nitrogen and oxygen atoms in total. The standard InChI is InChI=1S/C44H28N2S.C38H24N2S.C26H16N2S/c1-3-11-29(12-4-1)30-21-23-31(24-22-30)33-15-9-16-34(27-33)35-17-10-18-36(28-35)44-45-41(32-13-5-2-6-14-32)39-26-25-38-37-19-7-8-20-40(37)47-43(38)42(39)46-44;1-3-11-25(12-4-1)27-15-9-16-28(23-27)29-17-10-18-30(24-29)38-39-35(26-13-5-2-6-14-26)33-22-21-32-31-19-7-8-20-34(31)41-37(32)36(33)40-38;1-3-9-17(10-4-1)24-23-21(27-26(28-24)18-11-5-2-6-12-18)16-15-20-19-13-7-8-14-22(19)29-25(20)23/h1-28H;1-24H;1-16H. The number of benzene rings is 17. The monoisotopic (exact) mass is 1540 g/mol. The Morgan fingerprint density at radius 2 is 0.419 bits per heavy atom. The molecule has 0 saturated heterocycles. The molecule has 6 aromatic heterocycles. The maximum Gasteiger partial charge on any atom is 0.160 e. The zero-order valence-corrected chi connectivity index (χ0v) is 65.6. The number of rotatable bonds is 11. The molecule has 117 heavy (non-hydrogen) atoms. The van der Waals surface area contributed by atoms with Gasteiger partial charge < -0.3 is 0 Å². The molecule has 0 spiro atoms. The minimum Gasteiger partial charge on any atom is -0.228 e. The van der Waals surface area contributed by atoms with Gasteiger partial charge in [0.15, 0.2) is 17.5 Å². The van der Waals surface area contributed by atoms with Crippen molar-refractivity contribution in [3.05, 3.63) is 413 Å². The summed E-state index contributed by atoms with van der Waals surface area (Å²) >= 11 is 5.44. The van der Waals surface area contributed by atoms with Crippen molar-refractivity contribution < 1.29 is 0 Å². The highest BCUT2D eigenvalue weighted by Crippen LogP contribution is 2.46. The Kier molecular flexibility index (Phi) is 18.5. The maximum atomic E-state index is 5.29. The van der Waals surface area contributed by atoms with E-state index in [-0.39, 0.29) is 0 Å². The van der Waals surface area contributed by atoms with Gasteiger partial charge in [-0.2, -0.15) is 0 Å². The second-order valence-electron chi connectivity index (χ2n) is 29.1. The van der Waals surface area contributed by atoms with Crippen LogP contribution in [0.2, 0.25) is 0 Å². The number of thiophene rings is 3. The van der Waals surface area contributed by atoms with Gasteiger partial charge in [0.1, 0.15) is 0 Å². The van der Waals surface area contributed by atoms with Crippen molar-refractivity contribution in [2.24, 2.45) is 0 Å². The quantitative estimate of drug-likeness (QED) is 0.128. The van der Waals surface area contributed by atoms with Crippen LogP contribution in [0.3, 0.4) is 0 Å². The summed E-state index contributed by atoms with van der Waals surface area (Å²) in [5.74, 6) is 2.23. The lowest BCUT2D eigenvalue weighted by Crippen LogP contribution is -1.95. The van der Waals surface area contributed by atoms with Crippen LogP contribution in [0.5, 0.6) is 0 Å². The fourth-order valence-electron chi connectivity index (χ4n) is 16.1. The van der Waals surface area contributed by atoms with Crippen LogP contribution in [0.4, 0.5) is 0 Å². The van der Waals surface area contributed by atoms with Crippen LogP contribution in [-0.2, 0) is 0 Å². The molecule has 0 aliphatic rings. The topological polar surface area (TPSA) is 77.3 Å². The molecular weight excluding hydrogens is 1480 g/mol. The Balaban J connectivity index is 0.000000112. The second kappa shape index (κ2) is 30.7. The first-order valence-electron chi connectivity index (χ1n) is 39.2. The van der Waals surface area contributed by atoms with Crippen LogP contribution in [0.1, 0.15) is 0 Å². The van der Waals surface area contributed by atoms with E-state index in [4.69, 9.17) is 29.9 Å². The largest absolute Gasteiger partial charge is 0.228 e. The van der Waals surface area contributed by atoms with E-state index in [1.807, 2.05) is 70.4 Å². The summed E-state index contributed by atoms with van der Waals surface area (Å²) < 4.78 is 7.50. The Labute approximate surface area is 688 Å². The van der Waals surface area contributed by atoms with Gasteiger partial charge in [0.05, 0.1) is 43.0 Å². The molecule has 23 aromatic rings. The third-order valence-electron chi connectivity index (χ3n) is 21.9. The molecule has 9 heteroatoms. The van der Waals surface area contributed by atoms with Gasteiger partial charge in [-0.3, -0.25) is 0 Å². The van der Waals surface area contributed by atoms with Gasteiger partial charge >= 0.3 is 0 Å². The highest BCUT2D eigenvalue weighted by molar-refractivity contribution is 7.27. The molecule has 0 aliphatic carbocycles. The lowest BCUT2D eigenvalue weighted by atomic mass is 9.96. The molecule has 0 fully saturated rings. The summed E-state index contributed by atoms with van der Waals surface area (Å²) in [6, 6.07) is 145. The number of aromatic nitrogens is 6. The van der Waals surface area contributed by atoms with Crippen LogP contribution >= 0.6 is 34.0 Å². The minimum atomic E-state index is 0.732. The number of hydrogen-bond acceptors (Lipinski definition) is 9. The summed E-state index contributed by atoms with van der Waals surface area (Å²) in [7, 11) is 0. The van der Waals surface area contributed by atoms with Crippen molar-refractivity contribution in [2.45, 2.75) is 0 Å². The van der Waals surface area contributed by atoms with E-state index in [1.165, 1.54) is 99.5 Å². The van der Waals surface area contributed by atoms with Crippen molar-refractivity contribution in [3.63, 3.8) is 0 Å². The molecule has 0 unspecified atom stereocenters. The molecule has 6 heterocycles. The van der Waals surface area contributed by atoms with E-state index in [9.17, 15) is 0 Å². The van der Waals surface area contributed by atoms with Gasteiger partial charge in [0.2, 0.25) is 0 Å². The SMILES string of the molecule is c1ccc(-c2ccc(-c3cccc(-c4cccc(-c5nc(-c6ccccc6)c6ccc7c8ccccc8sc7c6n5)c4)c3)cc2)cc1.c1ccc(-c2cccc(-c3cccc(-c4nc(-c5ccccc5)c5ccc6c7ccccc7sc6c5n4)c3)c2)cc1.c1ccc(-c2nc(-c3ccccc3)c3c(ccc4c5ccccc5sc43)n2)cc1. The lowest BCUT2D eigenvalue weighted by Gasteiger charge is -2.12. The molecule has 0 amide bonds. The first-order valence-corrected chi connectivity index (χ1v) is 41.6. The molecule has 0 N–H and O–H groups in total. The molecule has 0 bridgehead atoms. The number of hydrogen-bond donors (Lipinski definition) is 0. The summed E-state index contributed by atoms with van der Waals surface area (Å²) in [6.45, 7) is 0.